The SMILES string of the molecule is CCNC(=NCC(C)N1CCOCC1C)N1CCN(c2cccs2)CC1.I. The molecule has 6 nitrogen and oxygen atoms in total. The van der Waals surface area contributed by atoms with E-state index in [0.717, 1.165) is 65.0 Å². The molecule has 2 fully saturated rings. The van der Waals surface area contributed by atoms with Crippen LogP contribution in [0.4, 0.5) is 5.00 Å². The van der Waals surface area contributed by atoms with E-state index in [-0.39, 0.29) is 24.0 Å². The minimum absolute atomic E-state index is 0. The summed E-state index contributed by atoms with van der Waals surface area (Å²) in [6.07, 6.45) is 0. The molecular formula is C19H34IN5OS. The van der Waals surface area contributed by atoms with Gasteiger partial charge in [-0.2, -0.15) is 0 Å². The quantitative estimate of drug-likeness (QED) is 0.377. The summed E-state index contributed by atoms with van der Waals surface area (Å²) in [5.41, 5.74) is 0. The Morgan fingerprint density at radius 3 is 2.74 bits per heavy atom. The summed E-state index contributed by atoms with van der Waals surface area (Å²) in [5.74, 6) is 1.06. The van der Waals surface area contributed by atoms with Crippen LogP contribution in [0.5, 0.6) is 0 Å². The summed E-state index contributed by atoms with van der Waals surface area (Å²) in [5, 5.41) is 7.02. The number of morpholine rings is 1. The first-order valence-corrected chi connectivity index (χ1v) is 10.7. The first-order valence-electron chi connectivity index (χ1n) is 9.84. The summed E-state index contributed by atoms with van der Waals surface area (Å²) in [6.45, 7) is 15.2. The van der Waals surface area contributed by atoms with E-state index in [2.05, 4.69) is 58.3 Å². The Labute approximate surface area is 185 Å². The molecule has 27 heavy (non-hydrogen) atoms. The molecule has 2 aliphatic heterocycles. The lowest BCUT2D eigenvalue weighted by molar-refractivity contribution is -0.0166. The largest absolute Gasteiger partial charge is 0.379 e. The highest BCUT2D eigenvalue weighted by Gasteiger charge is 2.24. The second-order valence-electron chi connectivity index (χ2n) is 7.13. The van der Waals surface area contributed by atoms with E-state index < -0.39 is 0 Å². The first kappa shape index (κ1) is 22.7. The normalized spacial score (nSPS) is 23.1. The average Bonchev–Trinajstić information content (AvgIpc) is 3.20. The number of nitrogens with one attached hydrogen (secondary N) is 1. The lowest BCUT2D eigenvalue weighted by Crippen LogP contribution is -2.53. The van der Waals surface area contributed by atoms with E-state index in [4.69, 9.17) is 9.73 Å². The zero-order valence-electron chi connectivity index (χ0n) is 16.8. The highest BCUT2D eigenvalue weighted by molar-refractivity contribution is 14.0. The molecule has 0 spiro atoms. The van der Waals surface area contributed by atoms with Gasteiger partial charge in [-0.25, -0.2) is 0 Å². The Balaban J connectivity index is 0.00000261. The smallest absolute Gasteiger partial charge is 0.194 e. The summed E-state index contributed by atoms with van der Waals surface area (Å²) in [4.78, 5) is 12.4. The molecule has 0 radical (unpaired) electrons. The maximum atomic E-state index is 5.56. The predicted molar refractivity (Wildman–Crippen MR) is 126 cm³/mol. The average molecular weight is 507 g/mol. The molecule has 3 rings (SSSR count). The Kier molecular flexibility index (Phi) is 9.61. The van der Waals surface area contributed by atoms with Crippen molar-refractivity contribution in [3.05, 3.63) is 17.5 Å². The number of hydrogen-bond donors (Lipinski definition) is 1. The Morgan fingerprint density at radius 2 is 2.11 bits per heavy atom. The maximum Gasteiger partial charge on any atom is 0.194 e. The fourth-order valence-electron chi connectivity index (χ4n) is 3.73. The number of halogens is 1. The van der Waals surface area contributed by atoms with Gasteiger partial charge in [-0.3, -0.25) is 9.89 Å². The van der Waals surface area contributed by atoms with Crippen LogP contribution in [0.1, 0.15) is 20.8 Å². The van der Waals surface area contributed by atoms with Crippen molar-refractivity contribution in [1.29, 1.82) is 0 Å². The number of ether oxygens (including phenoxy) is 1. The molecule has 2 atom stereocenters. The van der Waals surface area contributed by atoms with Gasteiger partial charge < -0.3 is 19.9 Å². The number of anilines is 1. The molecule has 2 unspecified atom stereocenters. The zero-order valence-corrected chi connectivity index (χ0v) is 19.9. The van der Waals surface area contributed by atoms with E-state index in [1.807, 2.05) is 11.3 Å². The number of thiophene rings is 1. The van der Waals surface area contributed by atoms with Crippen molar-refractivity contribution in [1.82, 2.24) is 15.1 Å². The van der Waals surface area contributed by atoms with Gasteiger partial charge in [0.1, 0.15) is 0 Å². The van der Waals surface area contributed by atoms with Crippen molar-refractivity contribution in [3.63, 3.8) is 0 Å². The van der Waals surface area contributed by atoms with Crippen molar-refractivity contribution in [3.8, 4) is 0 Å². The van der Waals surface area contributed by atoms with Crippen molar-refractivity contribution in [2.45, 2.75) is 32.9 Å². The Morgan fingerprint density at radius 1 is 1.33 bits per heavy atom. The summed E-state index contributed by atoms with van der Waals surface area (Å²) in [6, 6.07) is 5.26. The fraction of sp³-hybridized carbons (Fsp3) is 0.737. The maximum absolute atomic E-state index is 5.56. The van der Waals surface area contributed by atoms with Gasteiger partial charge in [0.15, 0.2) is 5.96 Å². The van der Waals surface area contributed by atoms with E-state index in [1.54, 1.807) is 0 Å². The van der Waals surface area contributed by atoms with Crippen LogP contribution < -0.4 is 10.2 Å². The molecule has 0 bridgehead atoms. The molecule has 3 heterocycles. The number of hydrogen-bond acceptors (Lipinski definition) is 5. The number of rotatable bonds is 5. The van der Waals surface area contributed by atoms with Gasteiger partial charge in [-0.15, -0.1) is 35.3 Å². The second kappa shape index (κ2) is 11.4. The predicted octanol–water partition coefficient (Wildman–Crippen LogP) is 2.56. The third kappa shape index (κ3) is 6.20. The van der Waals surface area contributed by atoms with Gasteiger partial charge in [-0.05, 0) is 38.3 Å². The molecule has 1 aromatic rings. The number of guanidine groups is 1. The van der Waals surface area contributed by atoms with Crippen LogP contribution in [-0.2, 0) is 4.74 Å². The third-order valence-electron chi connectivity index (χ3n) is 5.22. The van der Waals surface area contributed by atoms with Gasteiger partial charge in [-0.1, -0.05) is 0 Å². The zero-order chi connectivity index (χ0) is 18.4. The summed E-state index contributed by atoms with van der Waals surface area (Å²) < 4.78 is 5.56. The van der Waals surface area contributed by atoms with E-state index in [0.29, 0.717) is 12.1 Å². The topological polar surface area (TPSA) is 43.3 Å². The summed E-state index contributed by atoms with van der Waals surface area (Å²) in [7, 11) is 0. The van der Waals surface area contributed by atoms with Crippen LogP contribution >= 0.6 is 35.3 Å². The lowest BCUT2D eigenvalue weighted by Gasteiger charge is -2.38. The third-order valence-corrected chi connectivity index (χ3v) is 6.15. The van der Waals surface area contributed by atoms with Crippen LogP contribution in [0.3, 0.4) is 0 Å². The summed E-state index contributed by atoms with van der Waals surface area (Å²) >= 11 is 1.83. The minimum atomic E-state index is 0. The van der Waals surface area contributed by atoms with Crippen LogP contribution in [0.25, 0.3) is 0 Å². The van der Waals surface area contributed by atoms with Gasteiger partial charge in [0.2, 0.25) is 0 Å². The van der Waals surface area contributed by atoms with Crippen molar-refractivity contribution < 1.29 is 4.74 Å². The van der Waals surface area contributed by atoms with E-state index in [9.17, 15) is 0 Å². The lowest BCUT2D eigenvalue weighted by atomic mass is 10.2. The van der Waals surface area contributed by atoms with Crippen molar-refractivity contribution in [2.75, 3.05) is 63.9 Å². The molecule has 0 aliphatic carbocycles. The standard InChI is InChI=1S/C19H33N5OS.HI/c1-4-20-19(21-14-16(2)24-11-12-25-15-17(24)3)23-9-7-22(8-10-23)18-6-5-13-26-18;/h5-6,13,16-17H,4,7-12,14-15H2,1-3H3,(H,20,21);1H. The first-order chi connectivity index (χ1) is 12.7. The highest BCUT2D eigenvalue weighted by atomic mass is 127. The molecule has 1 N–H and O–H groups in total. The van der Waals surface area contributed by atoms with E-state index >= 15 is 0 Å². The molecule has 0 amide bonds. The molecule has 8 heteroatoms. The molecule has 0 aromatic carbocycles. The molecule has 154 valence electrons. The molecule has 0 saturated carbocycles. The Bertz CT molecular complexity index is 562. The van der Waals surface area contributed by atoms with Crippen LogP contribution in [0.15, 0.2) is 22.5 Å². The van der Waals surface area contributed by atoms with Crippen LogP contribution in [-0.4, -0.2) is 86.9 Å². The number of piperazine rings is 1. The van der Waals surface area contributed by atoms with Gasteiger partial charge in [0, 0.05) is 51.4 Å². The van der Waals surface area contributed by atoms with Crippen LogP contribution in [0, 0.1) is 0 Å². The van der Waals surface area contributed by atoms with Crippen LogP contribution in [0.2, 0.25) is 0 Å². The van der Waals surface area contributed by atoms with Gasteiger partial charge in [0.25, 0.3) is 0 Å². The second-order valence-corrected chi connectivity index (χ2v) is 8.06. The van der Waals surface area contributed by atoms with Gasteiger partial charge in [0.05, 0.1) is 24.8 Å². The van der Waals surface area contributed by atoms with Crippen molar-refractivity contribution >= 4 is 46.3 Å². The fourth-order valence-corrected chi connectivity index (χ4v) is 4.52. The van der Waals surface area contributed by atoms with E-state index in [1.165, 1.54) is 5.00 Å². The monoisotopic (exact) mass is 507 g/mol. The number of aliphatic imine (C=N–C) groups is 1. The van der Waals surface area contributed by atoms with Crippen molar-refractivity contribution in [2.24, 2.45) is 4.99 Å². The number of nitrogens with zero attached hydrogens (tertiary/aromatic N) is 4. The Hall–Kier alpha value is -0.580. The molecule has 2 saturated heterocycles. The highest BCUT2D eigenvalue weighted by Crippen LogP contribution is 2.22. The minimum Gasteiger partial charge on any atom is -0.379 e. The van der Waals surface area contributed by atoms with Gasteiger partial charge >= 0.3 is 0 Å². The molecular weight excluding hydrogens is 473 g/mol. The molecule has 1 aromatic heterocycles. The molecule has 2 aliphatic rings.